The first-order chi connectivity index (χ1) is 12.9. The lowest BCUT2D eigenvalue weighted by Crippen LogP contribution is -2.48. The number of nitrogens with zero attached hydrogens (tertiary/aromatic N) is 4. The van der Waals surface area contributed by atoms with Gasteiger partial charge in [-0.25, -0.2) is 9.97 Å². The molecule has 27 heavy (non-hydrogen) atoms. The zero-order valence-electron chi connectivity index (χ0n) is 16.0. The van der Waals surface area contributed by atoms with E-state index in [4.69, 9.17) is 0 Å². The van der Waals surface area contributed by atoms with Gasteiger partial charge in [-0.05, 0) is 35.2 Å². The van der Waals surface area contributed by atoms with E-state index in [0.29, 0.717) is 13.1 Å². The van der Waals surface area contributed by atoms with Crippen LogP contribution in [-0.2, 0) is 5.41 Å². The van der Waals surface area contributed by atoms with Crippen LogP contribution in [-0.4, -0.2) is 47.0 Å². The number of hydrogen-bond acceptors (Lipinski definition) is 5. The highest BCUT2D eigenvalue weighted by atomic mass is 32.1. The average Bonchev–Trinajstić information content (AvgIpc) is 3.11. The molecule has 0 bridgehead atoms. The zero-order valence-corrected chi connectivity index (χ0v) is 16.8. The molecule has 0 unspecified atom stereocenters. The summed E-state index contributed by atoms with van der Waals surface area (Å²) in [6.45, 7) is 9.56. The minimum atomic E-state index is 0.0965. The molecule has 1 fully saturated rings. The molecule has 0 saturated carbocycles. The molecule has 1 saturated heterocycles. The highest BCUT2D eigenvalue weighted by molar-refractivity contribution is 7.21. The molecule has 2 aromatic heterocycles. The second-order valence-corrected chi connectivity index (χ2v) is 8.89. The predicted molar refractivity (Wildman–Crippen MR) is 111 cm³/mol. The molecule has 4 rings (SSSR count). The lowest BCUT2D eigenvalue weighted by Gasteiger charge is -2.34. The third kappa shape index (κ3) is 3.67. The lowest BCUT2D eigenvalue weighted by molar-refractivity contribution is 0.0746. The van der Waals surface area contributed by atoms with Gasteiger partial charge in [-0.2, -0.15) is 0 Å². The number of hydrogen-bond donors (Lipinski definition) is 0. The fraction of sp³-hybridized carbons (Fsp3) is 0.381. The van der Waals surface area contributed by atoms with E-state index in [1.165, 1.54) is 5.56 Å². The quantitative estimate of drug-likeness (QED) is 0.675. The van der Waals surface area contributed by atoms with Crippen LogP contribution in [0.1, 0.15) is 36.7 Å². The number of anilines is 1. The van der Waals surface area contributed by atoms with Crippen molar-refractivity contribution in [1.82, 2.24) is 14.9 Å². The molecular formula is C21H24N4OS. The van der Waals surface area contributed by atoms with Crippen LogP contribution in [0.5, 0.6) is 0 Å². The Bertz CT molecular complexity index is 917. The molecule has 0 spiro atoms. The molecule has 1 aliphatic heterocycles. The molecule has 0 radical (unpaired) electrons. The lowest BCUT2D eigenvalue weighted by atomic mass is 9.86. The van der Waals surface area contributed by atoms with Gasteiger partial charge in [0.1, 0.15) is 10.3 Å². The van der Waals surface area contributed by atoms with E-state index in [1.54, 1.807) is 17.5 Å². The van der Waals surface area contributed by atoms with Crippen molar-refractivity contribution in [3.05, 3.63) is 53.7 Å². The van der Waals surface area contributed by atoms with Gasteiger partial charge < -0.3 is 9.80 Å². The number of aromatic nitrogens is 2. The summed E-state index contributed by atoms with van der Waals surface area (Å²) in [5.41, 5.74) is 3.04. The smallest absolute Gasteiger partial charge is 0.253 e. The summed E-state index contributed by atoms with van der Waals surface area (Å²) < 4.78 is 0. The van der Waals surface area contributed by atoms with Crippen LogP contribution in [0.2, 0.25) is 0 Å². The maximum absolute atomic E-state index is 12.8. The van der Waals surface area contributed by atoms with E-state index in [2.05, 4.69) is 47.8 Å². The molecule has 1 amide bonds. The summed E-state index contributed by atoms with van der Waals surface area (Å²) in [5.74, 6) is 0.112. The first kappa shape index (κ1) is 17.9. The Labute approximate surface area is 163 Å². The minimum Gasteiger partial charge on any atom is -0.344 e. The molecule has 5 nitrogen and oxygen atoms in total. The third-order valence-corrected chi connectivity index (χ3v) is 6.03. The van der Waals surface area contributed by atoms with Crippen LogP contribution in [0.4, 0.5) is 5.13 Å². The van der Waals surface area contributed by atoms with Crippen LogP contribution in [0.15, 0.2) is 42.6 Å². The summed E-state index contributed by atoms with van der Waals surface area (Å²) in [6.07, 6.45) is 1.80. The van der Waals surface area contributed by atoms with Crippen molar-refractivity contribution in [2.75, 3.05) is 31.1 Å². The Morgan fingerprint density at radius 1 is 1.04 bits per heavy atom. The van der Waals surface area contributed by atoms with Crippen LogP contribution >= 0.6 is 11.3 Å². The second kappa shape index (κ2) is 6.93. The standard InChI is InChI=1S/C21H24N4OS/c1-21(2,3)16-8-6-15(7-9-16)19(26)24-11-13-25(14-12-24)20-23-17-5-4-10-22-18(17)27-20/h4-10H,11-14H2,1-3H3. The average molecular weight is 381 g/mol. The molecule has 0 atom stereocenters. The van der Waals surface area contributed by atoms with Crippen LogP contribution < -0.4 is 4.90 Å². The number of piperazine rings is 1. The number of pyridine rings is 1. The highest BCUT2D eigenvalue weighted by Crippen LogP contribution is 2.28. The van der Waals surface area contributed by atoms with Gasteiger partial charge in [-0.3, -0.25) is 4.79 Å². The third-order valence-electron chi connectivity index (χ3n) is 4.99. The summed E-state index contributed by atoms with van der Waals surface area (Å²) in [4.78, 5) is 27.0. The van der Waals surface area contributed by atoms with Gasteiger partial charge in [0.15, 0.2) is 5.13 Å². The van der Waals surface area contributed by atoms with E-state index in [-0.39, 0.29) is 11.3 Å². The number of benzene rings is 1. The van der Waals surface area contributed by atoms with Crippen LogP contribution in [0, 0.1) is 0 Å². The Morgan fingerprint density at radius 3 is 2.37 bits per heavy atom. The fourth-order valence-corrected chi connectivity index (χ4v) is 4.25. The fourth-order valence-electron chi connectivity index (χ4n) is 3.29. The van der Waals surface area contributed by atoms with E-state index in [0.717, 1.165) is 34.1 Å². The van der Waals surface area contributed by atoms with Crippen LogP contribution in [0.3, 0.4) is 0 Å². The summed E-state index contributed by atoms with van der Waals surface area (Å²) in [5, 5.41) is 0.991. The van der Waals surface area contributed by atoms with Gasteiger partial charge in [0.25, 0.3) is 5.91 Å². The molecule has 140 valence electrons. The maximum Gasteiger partial charge on any atom is 0.253 e. The minimum absolute atomic E-state index is 0.0965. The molecule has 3 aromatic rings. The van der Waals surface area contributed by atoms with E-state index in [1.807, 2.05) is 29.2 Å². The van der Waals surface area contributed by atoms with Crippen molar-refractivity contribution >= 4 is 32.7 Å². The van der Waals surface area contributed by atoms with Gasteiger partial charge >= 0.3 is 0 Å². The molecule has 6 heteroatoms. The van der Waals surface area contributed by atoms with Gasteiger partial charge in [-0.1, -0.05) is 44.2 Å². The van der Waals surface area contributed by atoms with E-state index < -0.39 is 0 Å². The van der Waals surface area contributed by atoms with E-state index in [9.17, 15) is 4.79 Å². The summed E-state index contributed by atoms with van der Waals surface area (Å²) in [6, 6.07) is 11.9. The molecule has 3 heterocycles. The highest BCUT2D eigenvalue weighted by Gasteiger charge is 2.24. The second-order valence-electron chi connectivity index (χ2n) is 7.93. The number of fused-ring (bicyclic) bond motifs is 1. The SMILES string of the molecule is CC(C)(C)c1ccc(C(=O)N2CCN(c3nc4cccnc4s3)CC2)cc1. The van der Waals surface area contributed by atoms with Gasteiger partial charge in [0.05, 0.1) is 0 Å². The van der Waals surface area contributed by atoms with Crippen molar-refractivity contribution in [3.8, 4) is 0 Å². The van der Waals surface area contributed by atoms with Crippen molar-refractivity contribution in [2.45, 2.75) is 26.2 Å². The normalized spacial score (nSPS) is 15.4. The van der Waals surface area contributed by atoms with Gasteiger partial charge in [0, 0.05) is 37.9 Å². The number of carbonyl (C=O) groups is 1. The first-order valence-electron chi connectivity index (χ1n) is 9.28. The Balaban J connectivity index is 1.42. The largest absolute Gasteiger partial charge is 0.344 e. The molecule has 1 aliphatic rings. The predicted octanol–water partition coefficient (Wildman–Crippen LogP) is 3.95. The van der Waals surface area contributed by atoms with Crippen molar-refractivity contribution in [2.24, 2.45) is 0 Å². The van der Waals surface area contributed by atoms with E-state index >= 15 is 0 Å². The van der Waals surface area contributed by atoms with Crippen molar-refractivity contribution < 1.29 is 4.79 Å². The number of thiazole rings is 1. The monoisotopic (exact) mass is 380 g/mol. The summed E-state index contributed by atoms with van der Waals surface area (Å²) >= 11 is 1.61. The van der Waals surface area contributed by atoms with Crippen LogP contribution in [0.25, 0.3) is 10.3 Å². The number of amides is 1. The number of rotatable bonds is 2. The Morgan fingerprint density at radius 2 is 1.74 bits per heavy atom. The molecular weight excluding hydrogens is 356 g/mol. The number of carbonyl (C=O) groups excluding carboxylic acids is 1. The van der Waals surface area contributed by atoms with Gasteiger partial charge in [-0.15, -0.1) is 0 Å². The topological polar surface area (TPSA) is 49.3 Å². The van der Waals surface area contributed by atoms with Crippen molar-refractivity contribution in [1.29, 1.82) is 0 Å². The Kier molecular flexibility index (Phi) is 4.60. The molecule has 0 N–H and O–H groups in total. The molecule has 0 aliphatic carbocycles. The maximum atomic E-state index is 12.8. The summed E-state index contributed by atoms with van der Waals surface area (Å²) in [7, 11) is 0. The zero-order chi connectivity index (χ0) is 19.0. The molecule has 1 aromatic carbocycles. The first-order valence-corrected chi connectivity index (χ1v) is 10.1. The van der Waals surface area contributed by atoms with Crippen molar-refractivity contribution in [3.63, 3.8) is 0 Å². The van der Waals surface area contributed by atoms with Gasteiger partial charge in [0.2, 0.25) is 0 Å². The Hall–Kier alpha value is -2.47.